The molecule has 0 spiro atoms. The van der Waals surface area contributed by atoms with Crippen LogP contribution in [-0.4, -0.2) is 37.6 Å². The van der Waals surface area contributed by atoms with Crippen LogP contribution in [0.4, 0.5) is 5.69 Å². The molecule has 0 saturated carbocycles. The van der Waals surface area contributed by atoms with Crippen LogP contribution in [0.1, 0.15) is 15.9 Å². The maximum absolute atomic E-state index is 13.3. The van der Waals surface area contributed by atoms with E-state index in [1.54, 1.807) is 65.2 Å². The molecule has 1 amide bonds. The Kier molecular flexibility index (Phi) is 7.26. The fraction of sp³-hybridized carbons (Fsp3) is 0.148. The number of fused-ring (bicyclic) bond motifs is 1. The number of nitrogens with zero attached hydrogens (tertiary/aromatic N) is 1. The highest BCUT2D eigenvalue weighted by atomic mass is 35.5. The van der Waals surface area contributed by atoms with Crippen LogP contribution >= 0.6 is 11.6 Å². The number of carbonyl (C=O) groups excluding carboxylic acids is 2. The van der Waals surface area contributed by atoms with Gasteiger partial charge in [0.05, 0.1) is 37.8 Å². The highest BCUT2D eigenvalue weighted by Crippen LogP contribution is 2.30. The number of carbonyl (C=O) groups is 2. The quantitative estimate of drug-likeness (QED) is 0.352. The zero-order valence-corrected chi connectivity index (χ0v) is 20.6. The smallest absolute Gasteiger partial charge is 0.244 e. The number of ketones is 1. The van der Waals surface area contributed by atoms with E-state index in [2.05, 4.69) is 5.32 Å². The lowest BCUT2D eigenvalue weighted by Gasteiger charge is -2.15. The molecule has 1 aromatic heterocycles. The first-order valence-corrected chi connectivity index (χ1v) is 11.3. The van der Waals surface area contributed by atoms with Gasteiger partial charge in [0.15, 0.2) is 17.3 Å². The summed E-state index contributed by atoms with van der Waals surface area (Å²) in [6.45, 7) is -0.154. The van der Waals surface area contributed by atoms with Gasteiger partial charge in [-0.3, -0.25) is 14.4 Å². The van der Waals surface area contributed by atoms with Gasteiger partial charge in [0.2, 0.25) is 11.3 Å². The molecule has 3 aromatic carbocycles. The van der Waals surface area contributed by atoms with Crippen molar-refractivity contribution in [1.29, 1.82) is 0 Å². The van der Waals surface area contributed by atoms with Crippen molar-refractivity contribution in [2.24, 2.45) is 0 Å². The van der Waals surface area contributed by atoms with Crippen LogP contribution in [0.3, 0.4) is 0 Å². The number of hydrogen-bond donors (Lipinski definition) is 1. The Bertz CT molecular complexity index is 1510. The third kappa shape index (κ3) is 5.04. The van der Waals surface area contributed by atoms with E-state index in [0.717, 1.165) is 0 Å². The predicted molar refractivity (Wildman–Crippen MR) is 138 cm³/mol. The summed E-state index contributed by atoms with van der Waals surface area (Å²) in [6.07, 6.45) is 1.41. The molecule has 0 aliphatic carbocycles. The second-order valence-corrected chi connectivity index (χ2v) is 8.27. The molecule has 0 atom stereocenters. The molecule has 8 nitrogen and oxygen atoms in total. The van der Waals surface area contributed by atoms with Crippen LogP contribution in [0.15, 0.2) is 71.7 Å². The highest BCUT2D eigenvalue weighted by molar-refractivity contribution is 6.30. The molecule has 4 rings (SSSR count). The maximum Gasteiger partial charge on any atom is 0.244 e. The number of rotatable bonds is 8. The van der Waals surface area contributed by atoms with Crippen molar-refractivity contribution in [2.45, 2.75) is 6.54 Å². The number of hydrogen-bond acceptors (Lipinski definition) is 6. The van der Waals surface area contributed by atoms with E-state index in [-0.39, 0.29) is 23.4 Å². The molecule has 9 heteroatoms. The monoisotopic (exact) mass is 506 g/mol. The van der Waals surface area contributed by atoms with Gasteiger partial charge in [-0.15, -0.1) is 0 Å². The summed E-state index contributed by atoms with van der Waals surface area (Å²) >= 11 is 5.94. The van der Waals surface area contributed by atoms with Crippen molar-refractivity contribution in [2.75, 3.05) is 26.6 Å². The SMILES string of the molecule is COc1ccc2c(c1)c(=O)c(C(=O)c1ccc(Cl)cc1)cn2CC(=O)Nc1ccc(OC)c(OC)c1. The first kappa shape index (κ1) is 24.8. The molecular weight excluding hydrogens is 484 g/mol. The molecule has 0 unspecified atom stereocenters. The summed E-state index contributed by atoms with van der Waals surface area (Å²) < 4.78 is 17.3. The minimum Gasteiger partial charge on any atom is -0.497 e. The first-order valence-electron chi connectivity index (χ1n) is 10.9. The van der Waals surface area contributed by atoms with Gasteiger partial charge in [0.25, 0.3) is 0 Å². The van der Waals surface area contributed by atoms with E-state index >= 15 is 0 Å². The Hall–Kier alpha value is -4.30. The summed E-state index contributed by atoms with van der Waals surface area (Å²) in [5, 5.41) is 3.54. The van der Waals surface area contributed by atoms with E-state index in [4.69, 9.17) is 25.8 Å². The second kappa shape index (κ2) is 10.5. The third-order valence-corrected chi connectivity index (χ3v) is 5.87. The molecule has 184 valence electrons. The zero-order chi connectivity index (χ0) is 25.8. The van der Waals surface area contributed by atoms with Crippen LogP contribution in [0.2, 0.25) is 5.02 Å². The molecule has 0 bridgehead atoms. The lowest BCUT2D eigenvalue weighted by Crippen LogP contribution is -2.24. The molecule has 0 radical (unpaired) electrons. The number of benzene rings is 3. The largest absolute Gasteiger partial charge is 0.497 e. The van der Waals surface area contributed by atoms with Gasteiger partial charge in [0, 0.05) is 28.5 Å². The van der Waals surface area contributed by atoms with Gasteiger partial charge in [-0.2, -0.15) is 0 Å². The molecule has 36 heavy (non-hydrogen) atoms. The second-order valence-electron chi connectivity index (χ2n) is 7.84. The van der Waals surface area contributed by atoms with Crippen LogP contribution in [0.5, 0.6) is 17.2 Å². The number of aromatic nitrogens is 1. The molecule has 0 aliphatic heterocycles. The van der Waals surface area contributed by atoms with Gasteiger partial charge in [-0.1, -0.05) is 11.6 Å². The van der Waals surface area contributed by atoms with Crippen molar-refractivity contribution in [1.82, 2.24) is 4.57 Å². The zero-order valence-electron chi connectivity index (χ0n) is 19.8. The number of ether oxygens (including phenoxy) is 3. The number of anilines is 1. The average molecular weight is 507 g/mol. The lowest BCUT2D eigenvalue weighted by atomic mass is 10.0. The predicted octanol–water partition coefficient (Wildman–Crippen LogP) is 4.55. The summed E-state index contributed by atoms with van der Waals surface area (Å²) in [5.41, 5.74) is 0.760. The summed E-state index contributed by atoms with van der Waals surface area (Å²) in [6, 6.07) is 16.2. The van der Waals surface area contributed by atoms with Crippen LogP contribution < -0.4 is 25.0 Å². The van der Waals surface area contributed by atoms with E-state index in [9.17, 15) is 14.4 Å². The van der Waals surface area contributed by atoms with Crippen LogP contribution in [0, 0.1) is 0 Å². The van der Waals surface area contributed by atoms with Crippen molar-refractivity contribution in [3.63, 3.8) is 0 Å². The third-order valence-electron chi connectivity index (χ3n) is 5.62. The van der Waals surface area contributed by atoms with Crippen molar-refractivity contribution < 1.29 is 23.8 Å². The van der Waals surface area contributed by atoms with Crippen LogP contribution in [-0.2, 0) is 11.3 Å². The van der Waals surface area contributed by atoms with E-state index < -0.39 is 11.2 Å². The van der Waals surface area contributed by atoms with Crippen molar-refractivity contribution in [3.05, 3.63) is 93.2 Å². The molecule has 0 fully saturated rings. The summed E-state index contributed by atoms with van der Waals surface area (Å²) in [5.74, 6) is 0.605. The van der Waals surface area contributed by atoms with E-state index in [1.165, 1.54) is 27.5 Å². The summed E-state index contributed by atoms with van der Waals surface area (Å²) in [4.78, 5) is 39.5. The molecule has 1 heterocycles. The Morgan fingerprint density at radius 1 is 0.889 bits per heavy atom. The minimum atomic E-state index is -0.476. The molecule has 4 aromatic rings. The molecule has 1 N–H and O–H groups in total. The number of nitrogens with one attached hydrogen (secondary N) is 1. The lowest BCUT2D eigenvalue weighted by molar-refractivity contribution is -0.116. The first-order chi connectivity index (χ1) is 17.3. The van der Waals surface area contributed by atoms with Gasteiger partial charge in [0.1, 0.15) is 12.3 Å². The number of pyridine rings is 1. The maximum atomic E-state index is 13.3. The Morgan fingerprint density at radius 3 is 2.28 bits per heavy atom. The van der Waals surface area contributed by atoms with Gasteiger partial charge in [-0.05, 0) is 54.6 Å². The number of amides is 1. The standard InChI is InChI=1S/C27H23ClN2O6/c1-34-19-9-10-22-20(13-19)27(33)21(26(32)16-4-6-17(28)7-5-16)14-30(22)15-25(31)29-18-8-11-23(35-2)24(12-18)36-3/h4-14H,15H2,1-3H3,(H,29,31). The fourth-order valence-electron chi connectivity index (χ4n) is 3.82. The van der Waals surface area contributed by atoms with Gasteiger partial charge in [-0.25, -0.2) is 0 Å². The van der Waals surface area contributed by atoms with Gasteiger partial charge < -0.3 is 24.1 Å². The average Bonchev–Trinajstić information content (AvgIpc) is 2.89. The van der Waals surface area contributed by atoms with Crippen molar-refractivity contribution in [3.8, 4) is 17.2 Å². The van der Waals surface area contributed by atoms with Crippen molar-refractivity contribution >= 4 is 39.9 Å². The Balaban J connectivity index is 1.73. The topological polar surface area (TPSA) is 95.9 Å². The normalized spacial score (nSPS) is 10.7. The molecular formula is C27H23ClN2O6. The number of methoxy groups -OCH3 is 3. The number of halogens is 1. The minimum absolute atomic E-state index is 0.0722. The Labute approximate surface area is 212 Å². The van der Waals surface area contributed by atoms with Gasteiger partial charge >= 0.3 is 0 Å². The molecule has 0 aliphatic rings. The van der Waals surface area contributed by atoms with Crippen LogP contribution in [0.25, 0.3) is 10.9 Å². The van der Waals surface area contributed by atoms with E-state index in [0.29, 0.717) is 39.0 Å². The summed E-state index contributed by atoms with van der Waals surface area (Å²) in [7, 11) is 4.51. The fourth-order valence-corrected chi connectivity index (χ4v) is 3.95. The highest BCUT2D eigenvalue weighted by Gasteiger charge is 2.19. The van der Waals surface area contributed by atoms with E-state index in [1.807, 2.05) is 0 Å². The Morgan fingerprint density at radius 2 is 1.61 bits per heavy atom. The molecule has 0 saturated heterocycles.